The first-order valence-corrected chi connectivity index (χ1v) is 7.17. The van der Waals surface area contributed by atoms with Crippen LogP contribution in [0.1, 0.15) is 19.0 Å². The van der Waals surface area contributed by atoms with Crippen LogP contribution >= 0.6 is 0 Å². The first-order valence-electron chi connectivity index (χ1n) is 7.17. The summed E-state index contributed by atoms with van der Waals surface area (Å²) < 4.78 is 16.9. The van der Waals surface area contributed by atoms with E-state index in [1.807, 2.05) is 18.2 Å². The SMILES string of the molecule is COc1cccc(CN2C[C@H](C)O[C@@]3(CCOC3)C2)n1. The van der Waals surface area contributed by atoms with E-state index >= 15 is 0 Å². The second-order valence-corrected chi connectivity index (χ2v) is 5.75. The number of nitrogens with zero attached hydrogens (tertiary/aromatic N) is 2. The van der Waals surface area contributed by atoms with E-state index in [0.717, 1.165) is 38.4 Å². The Morgan fingerprint density at radius 1 is 1.50 bits per heavy atom. The molecule has 2 saturated heterocycles. The maximum absolute atomic E-state index is 6.14. The van der Waals surface area contributed by atoms with Crippen molar-refractivity contribution in [2.75, 3.05) is 33.4 Å². The van der Waals surface area contributed by atoms with E-state index in [0.29, 0.717) is 12.5 Å². The van der Waals surface area contributed by atoms with Crippen molar-refractivity contribution >= 4 is 0 Å². The molecule has 0 radical (unpaired) electrons. The largest absolute Gasteiger partial charge is 0.481 e. The van der Waals surface area contributed by atoms with Gasteiger partial charge in [-0.2, -0.15) is 0 Å². The summed E-state index contributed by atoms with van der Waals surface area (Å²) >= 11 is 0. The van der Waals surface area contributed by atoms with E-state index in [1.165, 1.54) is 0 Å². The second kappa shape index (κ2) is 5.68. The maximum Gasteiger partial charge on any atom is 0.213 e. The van der Waals surface area contributed by atoms with Crippen LogP contribution < -0.4 is 4.74 Å². The fraction of sp³-hybridized carbons (Fsp3) is 0.667. The van der Waals surface area contributed by atoms with Crippen molar-refractivity contribution in [1.82, 2.24) is 9.88 Å². The third-order valence-corrected chi connectivity index (χ3v) is 3.92. The minimum Gasteiger partial charge on any atom is -0.481 e. The summed E-state index contributed by atoms with van der Waals surface area (Å²) in [5, 5.41) is 0. The Morgan fingerprint density at radius 3 is 3.15 bits per heavy atom. The molecule has 2 aliphatic heterocycles. The number of rotatable bonds is 3. The molecule has 1 aromatic rings. The van der Waals surface area contributed by atoms with Crippen molar-refractivity contribution in [3.8, 4) is 5.88 Å². The zero-order valence-corrected chi connectivity index (χ0v) is 12.2. The van der Waals surface area contributed by atoms with Gasteiger partial charge in [-0.3, -0.25) is 4.90 Å². The van der Waals surface area contributed by atoms with Gasteiger partial charge in [0, 0.05) is 38.7 Å². The molecule has 0 aliphatic carbocycles. The number of hydrogen-bond donors (Lipinski definition) is 0. The predicted molar refractivity (Wildman–Crippen MR) is 74.8 cm³/mol. The van der Waals surface area contributed by atoms with Gasteiger partial charge in [0.2, 0.25) is 5.88 Å². The van der Waals surface area contributed by atoms with Crippen LogP contribution in [0.4, 0.5) is 0 Å². The molecular formula is C15H22N2O3. The Balaban J connectivity index is 1.69. The van der Waals surface area contributed by atoms with Crippen LogP contribution in [0, 0.1) is 0 Å². The quantitative estimate of drug-likeness (QED) is 0.837. The molecule has 2 aliphatic rings. The lowest BCUT2D eigenvalue weighted by Gasteiger charge is -2.42. The van der Waals surface area contributed by atoms with E-state index in [4.69, 9.17) is 14.2 Å². The van der Waals surface area contributed by atoms with E-state index in [-0.39, 0.29) is 11.7 Å². The molecule has 20 heavy (non-hydrogen) atoms. The van der Waals surface area contributed by atoms with Gasteiger partial charge < -0.3 is 14.2 Å². The monoisotopic (exact) mass is 278 g/mol. The van der Waals surface area contributed by atoms with Crippen LogP contribution in [0.15, 0.2) is 18.2 Å². The molecule has 2 fully saturated rings. The van der Waals surface area contributed by atoms with Crippen molar-refractivity contribution in [3.63, 3.8) is 0 Å². The third-order valence-electron chi connectivity index (χ3n) is 3.92. The van der Waals surface area contributed by atoms with Gasteiger partial charge in [0.15, 0.2) is 0 Å². The second-order valence-electron chi connectivity index (χ2n) is 5.75. The molecule has 0 N–H and O–H groups in total. The van der Waals surface area contributed by atoms with Gasteiger partial charge in [0.1, 0.15) is 5.60 Å². The van der Waals surface area contributed by atoms with Gasteiger partial charge in [-0.15, -0.1) is 0 Å². The zero-order chi connectivity index (χ0) is 14.0. The molecule has 2 atom stereocenters. The van der Waals surface area contributed by atoms with Gasteiger partial charge >= 0.3 is 0 Å². The fourth-order valence-corrected chi connectivity index (χ4v) is 3.15. The zero-order valence-electron chi connectivity index (χ0n) is 12.2. The molecule has 0 bridgehead atoms. The molecule has 0 saturated carbocycles. The summed E-state index contributed by atoms with van der Waals surface area (Å²) in [6, 6.07) is 5.90. The van der Waals surface area contributed by atoms with E-state index in [9.17, 15) is 0 Å². The molecular weight excluding hydrogens is 256 g/mol. The lowest BCUT2D eigenvalue weighted by atomic mass is 9.99. The molecule has 1 aromatic heterocycles. The number of pyridine rings is 1. The minimum absolute atomic E-state index is 0.115. The minimum atomic E-state index is -0.115. The smallest absolute Gasteiger partial charge is 0.213 e. The number of ether oxygens (including phenoxy) is 3. The number of methoxy groups -OCH3 is 1. The highest BCUT2D eigenvalue weighted by molar-refractivity contribution is 5.15. The van der Waals surface area contributed by atoms with Gasteiger partial charge in [-0.05, 0) is 13.0 Å². The van der Waals surface area contributed by atoms with E-state index < -0.39 is 0 Å². The third kappa shape index (κ3) is 2.95. The summed E-state index contributed by atoms with van der Waals surface area (Å²) in [5.74, 6) is 0.669. The van der Waals surface area contributed by atoms with Crippen LogP contribution in [0.25, 0.3) is 0 Å². The van der Waals surface area contributed by atoms with Crippen molar-refractivity contribution in [2.45, 2.75) is 31.6 Å². The molecule has 0 unspecified atom stereocenters. The van der Waals surface area contributed by atoms with E-state index in [1.54, 1.807) is 7.11 Å². The molecule has 3 rings (SSSR count). The van der Waals surface area contributed by atoms with E-state index in [2.05, 4.69) is 16.8 Å². The average molecular weight is 278 g/mol. The van der Waals surface area contributed by atoms with Crippen molar-refractivity contribution in [3.05, 3.63) is 23.9 Å². The molecule has 5 nitrogen and oxygen atoms in total. The van der Waals surface area contributed by atoms with Crippen LogP contribution in [-0.2, 0) is 16.0 Å². The molecule has 0 aromatic carbocycles. The van der Waals surface area contributed by atoms with Crippen molar-refractivity contribution in [1.29, 1.82) is 0 Å². The lowest BCUT2D eigenvalue weighted by Crippen LogP contribution is -2.55. The van der Waals surface area contributed by atoms with Crippen LogP contribution in [-0.4, -0.2) is 55.0 Å². The number of morpholine rings is 1. The normalized spacial score (nSPS) is 30.8. The van der Waals surface area contributed by atoms with Crippen molar-refractivity contribution in [2.24, 2.45) is 0 Å². The summed E-state index contributed by atoms with van der Waals surface area (Å²) in [6.45, 7) is 6.31. The van der Waals surface area contributed by atoms with Crippen LogP contribution in [0.3, 0.4) is 0 Å². The summed E-state index contributed by atoms with van der Waals surface area (Å²) in [5.41, 5.74) is 0.920. The van der Waals surface area contributed by atoms with Gasteiger partial charge in [-0.1, -0.05) is 6.07 Å². The maximum atomic E-state index is 6.14. The molecule has 5 heteroatoms. The Hall–Kier alpha value is -1.17. The summed E-state index contributed by atoms with van der Waals surface area (Å²) in [7, 11) is 1.65. The Morgan fingerprint density at radius 2 is 2.40 bits per heavy atom. The standard InChI is InChI=1S/C15H22N2O3/c1-12-8-17(10-15(20-12)6-7-19-11-15)9-13-4-3-5-14(16-13)18-2/h3-5,12H,6-11H2,1-2H3/t12-,15-/m0/s1. The van der Waals surface area contributed by atoms with Gasteiger partial charge in [0.05, 0.1) is 25.5 Å². The number of aromatic nitrogens is 1. The predicted octanol–water partition coefficient (Wildman–Crippen LogP) is 1.47. The summed E-state index contributed by atoms with van der Waals surface area (Å²) in [6.07, 6.45) is 1.22. The molecule has 3 heterocycles. The lowest BCUT2D eigenvalue weighted by molar-refractivity contribution is -0.149. The Bertz CT molecular complexity index is 460. The number of hydrogen-bond acceptors (Lipinski definition) is 5. The average Bonchev–Trinajstić information content (AvgIpc) is 2.85. The first-order chi connectivity index (χ1) is 9.69. The summed E-state index contributed by atoms with van der Waals surface area (Å²) in [4.78, 5) is 6.90. The highest BCUT2D eigenvalue weighted by atomic mass is 16.6. The fourth-order valence-electron chi connectivity index (χ4n) is 3.15. The topological polar surface area (TPSA) is 43.8 Å². The molecule has 110 valence electrons. The first kappa shape index (κ1) is 13.8. The Kier molecular flexibility index (Phi) is 3.92. The van der Waals surface area contributed by atoms with Crippen LogP contribution in [0.2, 0.25) is 0 Å². The van der Waals surface area contributed by atoms with Gasteiger partial charge in [0.25, 0.3) is 0 Å². The highest BCUT2D eigenvalue weighted by Crippen LogP contribution is 2.30. The highest BCUT2D eigenvalue weighted by Gasteiger charge is 2.42. The van der Waals surface area contributed by atoms with Crippen LogP contribution in [0.5, 0.6) is 5.88 Å². The Labute approximate surface area is 119 Å². The van der Waals surface area contributed by atoms with Crippen molar-refractivity contribution < 1.29 is 14.2 Å². The molecule has 1 spiro atoms. The van der Waals surface area contributed by atoms with Gasteiger partial charge in [-0.25, -0.2) is 4.98 Å². The molecule has 0 amide bonds.